The number of oxazole rings is 1. The molecule has 0 fully saturated rings. The van der Waals surface area contributed by atoms with Gasteiger partial charge in [0.05, 0.1) is 18.3 Å². The molecule has 0 amide bonds. The van der Waals surface area contributed by atoms with Crippen molar-refractivity contribution < 1.29 is 13.2 Å². The normalized spacial score (nSPS) is 11.2. The molecule has 0 aliphatic carbocycles. The summed E-state index contributed by atoms with van der Waals surface area (Å²) in [4.78, 5) is 3.98. The smallest absolute Gasteiger partial charge is 0.208 e. The van der Waals surface area contributed by atoms with Gasteiger partial charge in [0.15, 0.2) is 5.76 Å². The fourth-order valence-electron chi connectivity index (χ4n) is 1.53. The van der Waals surface area contributed by atoms with Crippen LogP contribution in [0.15, 0.2) is 28.8 Å². The van der Waals surface area contributed by atoms with Crippen LogP contribution in [0, 0.1) is 11.6 Å². The van der Waals surface area contributed by atoms with Crippen molar-refractivity contribution in [3.63, 3.8) is 0 Å². The fraction of sp³-hybridized carbons (Fsp3) is 0.308. The minimum Gasteiger partial charge on any atom is -0.439 e. The molecular formula is C13H14F2N2O. The lowest BCUT2D eigenvalue weighted by Crippen LogP contribution is -2.21. The number of hydrogen-bond acceptors (Lipinski definition) is 3. The first-order valence-electron chi connectivity index (χ1n) is 5.70. The van der Waals surface area contributed by atoms with Crippen molar-refractivity contribution in [1.29, 1.82) is 0 Å². The third-order valence-electron chi connectivity index (χ3n) is 2.42. The molecule has 5 heteroatoms. The van der Waals surface area contributed by atoms with Crippen LogP contribution >= 0.6 is 0 Å². The van der Waals surface area contributed by atoms with Crippen LogP contribution in [0.4, 0.5) is 8.78 Å². The van der Waals surface area contributed by atoms with E-state index in [-0.39, 0.29) is 17.4 Å². The molecule has 0 saturated carbocycles. The zero-order valence-electron chi connectivity index (χ0n) is 10.2. The van der Waals surface area contributed by atoms with Crippen molar-refractivity contribution >= 4 is 0 Å². The lowest BCUT2D eigenvalue weighted by molar-refractivity contribution is 0.454. The van der Waals surface area contributed by atoms with Crippen molar-refractivity contribution in [2.24, 2.45) is 0 Å². The molecule has 0 aliphatic rings. The van der Waals surface area contributed by atoms with E-state index in [1.807, 2.05) is 13.8 Å². The Morgan fingerprint density at radius 1 is 1.28 bits per heavy atom. The molecule has 0 bridgehead atoms. The van der Waals surface area contributed by atoms with Crippen molar-refractivity contribution in [1.82, 2.24) is 10.3 Å². The summed E-state index contributed by atoms with van der Waals surface area (Å²) < 4.78 is 32.4. The Morgan fingerprint density at radius 3 is 2.56 bits per heavy atom. The predicted molar refractivity (Wildman–Crippen MR) is 63.8 cm³/mol. The molecule has 0 atom stereocenters. The van der Waals surface area contributed by atoms with Gasteiger partial charge in [-0.2, -0.15) is 0 Å². The molecule has 18 heavy (non-hydrogen) atoms. The molecule has 2 aromatic rings. The van der Waals surface area contributed by atoms with Crippen LogP contribution in [0.2, 0.25) is 0 Å². The van der Waals surface area contributed by atoms with Gasteiger partial charge in [0.25, 0.3) is 0 Å². The van der Waals surface area contributed by atoms with E-state index in [0.29, 0.717) is 12.4 Å². The maximum absolute atomic E-state index is 13.5. The number of rotatable bonds is 4. The van der Waals surface area contributed by atoms with Crippen LogP contribution < -0.4 is 5.32 Å². The van der Waals surface area contributed by atoms with E-state index in [1.54, 1.807) is 0 Å². The van der Waals surface area contributed by atoms with E-state index in [1.165, 1.54) is 24.4 Å². The minimum atomic E-state index is -0.658. The Balaban J connectivity index is 2.24. The van der Waals surface area contributed by atoms with Crippen LogP contribution in [-0.2, 0) is 6.54 Å². The summed E-state index contributed by atoms with van der Waals surface area (Å²) in [7, 11) is 0. The van der Waals surface area contributed by atoms with Gasteiger partial charge in [-0.15, -0.1) is 0 Å². The first-order chi connectivity index (χ1) is 8.58. The van der Waals surface area contributed by atoms with Crippen LogP contribution in [0.25, 0.3) is 11.3 Å². The Labute approximate surface area is 104 Å². The van der Waals surface area contributed by atoms with Crippen molar-refractivity contribution in [2.75, 3.05) is 0 Å². The van der Waals surface area contributed by atoms with Gasteiger partial charge >= 0.3 is 0 Å². The summed E-state index contributed by atoms with van der Waals surface area (Å²) in [5.41, 5.74) is -0.180. The highest BCUT2D eigenvalue weighted by atomic mass is 19.1. The molecule has 0 radical (unpaired) electrons. The molecule has 0 spiro atoms. The summed E-state index contributed by atoms with van der Waals surface area (Å²) in [5.74, 6) is -0.809. The van der Waals surface area contributed by atoms with E-state index in [0.717, 1.165) is 0 Å². The average Bonchev–Trinajstić information content (AvgIpc) is 2.75. The van der Waals surface area contributed by atoms with Gasteiger partial charge in [0.1, 0.15) is 11.6 Å². The van der Waals surface area contributed by atoms with Crippen molar-refractivity contribution in [3.8, 4) is 11.3 Å². The minimum absolute atomic E-state index is 0.103. The summed E-state index contributed by atoms with van der Waals surface area (Å²) in [6.07, 6.45) is 1.33. The summed E-state index contributed by atoms with van der Waals surface area (Å²) in [5, 5.41) is 3.11. The molecule has 1 heterocycles. The lowest BCUT2D eigenvalue weighted by Gasteiger charge is -2.04. The number of aromatic nitrogens is 1. The highest BCUT2D eigenvalue weighted by Gasteiger charge is 2.15. The number of benzene rings is 1. The predicted octanol–water partition coefficient (Wildman–Crippen LogP) is 3.12. The summed E-state index contributed by atoms with van der Waals surface area (Å²) in [6, 6.07) is 3.97. The second-order valence-electron chi connectivity index (χ2n) is 4.25. The quantitative estimate of drug-likeness (QED) is 0.908. The largest absolute Gasteiger partial charge is 0.439 e. The maximum atomic E-state index is 13.5. The van der Waals surface area contributed by atoms with Gasteiger partial charge < -0.3 is 9.73 Å². The van der Waals surface area contributed by atoms with E-state index in [2.05, 4.69) is 10.3 Å². The van der Waals surface area contributed by atoms with Gasteiger partial charge in [-0.05, 0) is 12.1 Å². The Morgan fingerprint density at radius 2 is 1.94 bits per heavy atom. The highest BCUT2D eigenvalue weighted by Crippen LogP contribution is 2.26. The van der Waals surface area contributed by atoms with Crippen LogP contribution in [-0.4, -0.2) is 11.0 Å². The number of nitrogens with one attached hydrogen (secondary N) is 1. The van der Waals surface area contributed by atoms with Gasteiger partial charge in [0.2, 0.25) is 5.89 Å². The number of nitrogens with zero attached hydrogens (tertiary/aromatic N) is 1. The number of hydrogen-bond donors (Lipinski definition) is 1. The maximum Gasteiger partial charge on any atom is 0.208 e. The molecule has 2 rings (SSSR count). The van der Waals surface area contributed by atoms with Gasteiger partial charge in [-0.1, -0.05) is 19.9 Å². The Kier molecular flexibility index (Phi) is 3.72. The van der Waals surface area contributed by atoms with Gasteiger partial charge in [-0.25, -0.2) is 13.8 Å². The zero-order valence-corrected chi connectivity index (χ0v) is 10.2. The fourth-order valence-corrected chi connectivity index (χ4v) is 1.53. The van der Waals surface area contributed by atoms with Gasteiger partial charge in [0, 0.05) is 6.04 Å². The molecule has 96 valence electrons. The van der Waals surface area contributed by atoms with Crippen molar-refractivity contribution in [3.05, 3.63) is 41.9 Å². The standard InChI is InChI=1S/C13H14F2N2O/c1-8(2)16-7-12-17-6-11(18-12)13-9(14)4-3-5-10(13)15/h3-6,8,16H,7H2,1-2H3. The summed E-state index contributed by atoms with van der Waals surface area (Å²) >= 11 is 0. The molecule has 1 N–H and O–H groups in total. The van der Waals surface area contributed by atoms with E-state index >= 15 is 0 Å². The molecule has 0 saturated heterocycles. The SMILES string of the molecule is CC(C)NCc1ncc(-c2c(F)cccc2F)o1. The van der Waals surface area contributed by atoms with E-state index in [4.69, 9.17) is 4.42 Å². The Hall–Kier alpha value is -1.75. The molecule has 1 aromatic heterocycles. The molecule has 3 nitrogen and oxygen atoms in total. The van der Waals surface area contributed by atoms with Gasteiger partial charge in [-0.3, -0.25) is 0 Å². The second-order valence-corrected chi connectivity index (χ2v) is 4.25. The third-order valence-corrected chi connectivity index (χ3v) is 2.42. The lowest BCUT2D eigenvalue weighted by atomic mass is 10.1. The second kappa shape index (κ2) is 5.27. The van der Waals surface area contributed by atoms with E-state index in [9.17, 15) is 8.78 Å². The van der Waals surface area contributed by atoms with Crippen LogP contribution in [0.1, 0.15) is 19.7 Å². The zero-order chi connectivity index (χ0) is 13.1. The number of halogens is 2. The topological polar surface area (TPSA) is 38.1 Å². The molecular weight excluding hydrogens is 238 g/mol. The first kappa shape index (κ1) is 12.7. The average molecular weight is 252 g/mol. The van der Waals surface area contributed by atoms with E-state index < -0.39 is 11.6 Å². The van der Waals surface area contributed by atoms with Crippen LogP contribution in [0.5, 0.6) is 0 Å². The third kappa shape index (κ3) is 2.73. The highest BCUT2D eigenvalue weighted by molar-refractivity contribution is 5.57. The van der Waals surface area contributed by atoms with Crippen LogP contribution in [0.3, 0.4) is 0 Å². The molecule has 1 aromatic carbocycles. The van der Waals surface area contributed by atoms with Crippen molar-refractivity contribution in [2.45, 2.75) is 26.4 Å². The molecule has 0 unspecified atom stereocenters. The Bertz CT molecular complexity index is 517. The monoisotopic (exact) mass is 252 g/mol. The first-order valence-corrected chi connectivity index (χ1v) is 5.70. The summed E-state index contributed by atoms with van der Waals surface area (Å²) in [6.45, 7) is 4.40. The molecule has 0 aliphatic heterocycles.